The van der Waals surface area contributed by atoms with E-state index in [4.69, 9.17) is 4.74 Å². The SMILES string of the molecule is CC/C(=N\NC(C)=O)c1c(CC(=O)OC)[nH]n(-c2nc3ccccc3s2)c1=O. The number of aromatic nitrogens is 3. The average Bonchev–Trinajstić information content (AvgIpc) is 3.24. The van der Waals surface area contributed by atoms with Crippen molar-refractivity contribution in [2.45, 2.75) is 26.7 Å². The zero-order valence-corrected chi connectivity index (χ0v) is 16.4. The van der Waals surface area contributed by atoms with Crippen LogP contribution in [0.1, 0.15) is 31.5 Å². The van der Waals surface area contributed by atoms with Crippen LogP contribution in [0.5, 0.6) is 0 Å². The predicted molar refractivity (Wildman–Crippen MR) is 106 cm³/mol. The molecule has 0 atom stereocenters. The molecule has 0 radical (unpaired) electrons. The second-order valence-electron chi connectivity index (χ2n) is 5.90. The Morgan fingerprint density at radius 2 is 2.11 bits per heavy atom. The van der Waals surface area contributed by atoms with Gasteiger partial charge in [-0.1, -0.05) is 30.4 Å². The number of hydrazone groups is 1. The third kappa shape index (κ3) is 3.86. The molecule has 1 amide bonds. The van der Waals surface area contributed by atoms with Gasteiger partial charge in [-0.3, -0.25) is 19.5 Å². The number of carbonyl (C=O) groups excluding carboxylic acids is 2. The van der Waals surface area contributed by atoms with Crippen molar-refractivity contribution in [3.05, 3.63) is 45.9 Å². The number of esters is 1. The number of nitrogens with one attached hydrogen (secondary N) is 2. The summed E-state index contributed by atoms with van der Waals surface area (Å²) in [6.45, 7) is 3.12. The molecule has 2 heterocycles. The normalized spacial score (nSPS) is 11.6. The highest BCUT2D eigenvalue weighted by atomic mass is 32.1. The zero-order valence-electron chi connectivity index (χ0n) is 15.6. The smallest absolute Gasteiger partial charge is 0.311 e. The van der Waals surface area contributed by atoms with Crippen molar-refractivity contribution in [3.63, 3.8) is 0 Å². The van der Waals surface area contributed by atoms with Crippen molar-refractivity contribution < 1.29 is 14.3 Å². The highest BCUT2D eigenvalue weighted by molar-refractivity contribution is 7.20. The van der Waals surface area contributed by atoms with E-state index < -0.39 is 11.5 Å². The van der Waals surface area contributed by atoms with E-state index in [1.165, 1.54) is 30.1 Å². The summed E-state index contributed by atoms with van der Waals surface area (Å²) in [6, 6.07) is 7.53. The molecule has 2 aromatic heterocycles. The number of benzene rings is 1. The number of hydrogen-bond donors (Lipinski definition) is 2. The van der Waals surface area contributed by atoms with Crippen molar-refractivity contribution >= 4 is 39.1 Å². The number of hydrogen-bond acceptors (Lipinski definition) is 7. The molecule has 0 fully saturated rings. The number of ether oxygens (including phenoxy) is 1. The second-order valence-corrected chi connectivity index (χ2v) is 6.91. The van der Waals surface area contributed by atoms with E-state index in [1.54, 1.807) is 6.92 Å². The van der Waals surface area contributed by atoms with E-state index in [9.17, 15) is 14.4 Å². The van der Waals surface area contributed by atoms with Crippen molar-refractivity contribution in [2.24, 2.45) is 5.10 Å². The molecule has 3 aromatic rings. The minimum absolute atomic E-state index is 0.141. The third-order valence-electron chi connectivity index (χ3n) is 3.96. The molecule has 28 heavy (non-hydrogen) atoms. The summed E-state index contributed by atoms with van der Waals surface area (Å²) >= 11 is 1.34. The molecular formula is C18H19N5O4S. The number of amides is 1. The van der Waals surface area contributed by atoms with Gasteiger partial charge in [0.1, 0.15) is 0 Å². The van der Waals surface area contributed by atoms with E-state index >= 15 is 0 Å². The third-order valence-corrected chi connectivity index (χ3v) is 4.98. The van der Waals surface area contributed by atoms with Crippen LogP contribution >= 0.6 is 11.3 Å². The van der Waals surface area contributed by atoms with Crippen LogP contribution in [0.4, 0.5) is 0 Å². The van der Waals surface area contributed by atoms with Gasteiger partial charge in [-0.05, 0) is 18.6 Å². The molecule has 0 saturated heterocycles. The Morgan fingerprint density at radius 1 is 1.36 bits per heavy atom. The number of thiazole rings is 1. The van der Waals surface area contributed by atoms with Gasteiger partial charge in [0.2, 0.25) is 11.0 Å². The molecule has 0 aliphatic heterocycles. The first-order valence-corrected chi connectivity index (χ1v) is 9.36. The maximum atomic E-state index is 13.1. The summed E-state index contributed by atoms with van der Waals surface area (Å²) in [5.74, 6) is -0.864. The average molecular weight is 401 g/mol. The highest BCUT2D eigenvalue weighted by Crippen LogP contribution is 2.24. The van der Waals surface area contributed by atoms with Gasteiger partial charge >= 0.3 is 5.97 Å². The summed E-state index contributed by atoms with van der Waals surface area (Å²) in [7, 11) is 1.27. The Labute approximate surface area is 164 Å². The van der Waals surface area contributed by atoms with Crippen molar-refractivity contribution in [2.75, 3.05) is 7.11 Å². The lowest BCUT2D eigenvalue weighted by molar-refractivity contribution is -0.139. The maximum absolute atomic E-state index is 13.1. The van der Waals surface area contributed by atoms with Crippen LogP contribution in [0.15, 0.2) is 34.2 Å². The minimum atomic E-state index is -0.506. The van der Waals surface area contributed by atoms with E-state index in [1.807, 2.05) is 24.3 Å². The van der Waals surface area contributed by atoms with Gasteiger partial charge in [-0.2, -0.15) is 9.78 Å². The van der Waals surface area contributed by atoms with Crippen LogP contribution in [0.2, 0.25) is 0 Å². The molecule has 1 aromatic carbocycles. The fourth-order valence-electron chi connectivity index (χ4n) is 2.67. The van der Waals surface area contributed by atoms with E-state index in [2.05, 4.69) is 20.6 Å². The number of carbonyl (C=O) groups is 2. The molecule has 0 saturated carbocycles. The van der Waals surface area contributed by atoms with Crippen molar-refractivity contribution in [3.8, 4) is 5.13 Å². The Balaban J connectivity index is 2.16. The van der Waals surface area contributed by atoms with Crippen LogP contribution in [0, 0.1) is 0 Å². The number of para-hydroxylation sites is 1. The van der Waals surface area contributed by atoms with Crippen LogP contribution < -0.4 is 11.0 Å². The Kier molecular flexibility index (Phi) is 5.69. The van der Waals surface area contributed by atoms with Gasteiger partial charge in [-0.25, -0.2) is 10.4 Å². The lowest BCUT2D eigenvalue weighted by Gasteiger charge is -2.03. The van der Waals surface area contributed by atoms with Crippen molar-refractivity contribution in [1.82, 2.24) is 20.2 Å². The molecule has 10 heteroatoms. The van der Waals surface area contributed by atoms with Gasteiger partial charge in [0.25, 0.3) is 5.56 Å². The highest BCUT2D eigenvalue weighted by Gasteiger charge is 2.23. The summed E-state index contributed by atoms with van der Waals surface area (Å²) < 4.78 is 6.95. The standard InChI is InChI=1S/C18H19N5O4S/c1-4-11(21-20-10(2)24)16-13(9-15(25)27-3)22-23(17(16)26)18-19-12-7-5-6-8-14(12)28-18/h5-8,22H,4,9H2,1-3H3,(H,20,24)/b21-11+. The topological polar surface area (TPSA) is 118 Å². The number of fused-ring (bicyclic) bond motifs is 1. The Bertz CT molecular complexity index is 1090. The van der Waals surface area contributed by atoms with Gasteiger partial charge < -0.3 is 4.74 Å². The molecule has 2 N–H and O–H groups in total. The first-order chi connectivity index (χ1) is 13.4. The number of aromatic amines is 1. The number of nitrogens with zero attached hydrogens (tertiary/aromatic N) is 3. The summed E-state index contributed by atoms with van der Waals surface area (Å²) in [5, 5.41) is 7.43. The predicted octanol–water partition coefficient (Wildman–Crippen LogP) is 1.74. The first-order valence-electron chi connectivity index (χ1n) is 8.54. The van der Waals surface area contributed by atoms with Crippen LogP contribution in [-0.4, -0.2) is 39.5 Å². The lowest BCUT2D eigenvalue weighted by atomic mass is 10.1. The first kappa shape index (κ1) is 19.5. The number of methoxy groups -OCH3 is 1. The molecule has 3 rings (SSSR count). The summed E-state index contributed by atoms with van der Waals surface area (Å²) in [6.07, 6.45) is 0.236. The monoisotopic (exact) mass is 401 g/mol. The van der Waals surface area contributed by atoms with Crippen LogP contribution in [0.25, 0.3) is 15.3 Å². The van der Waals surface area contributed by atoms with E-state index in [0.29, 0.717) is 23.0 Å². The molecular weight excluding hydrogens is 382 g/mol. The molecule has 0 bridgehead atoms. The number of rotatable bonds is 6. The maximum Gasteiger partial charge on any atom is 0.311 e. The second kappa shape index (κ2) is 8.17. The zero-order chi connectivity index (χ0) is 20.3. The molecule has 0 aliphatic rings. The molecule has 9 nitrogen and oxygen atoms in total. The van der Waals surface area contributed by atoms with Gasteiger partial charge in [0.15, 0.2) is 0 Å². The minimum Gasteiger partial charge on any atom is -0.469 e. The lowest BCUT2D eigenvalue weighted by Crippen LogP contribution is -2.23. The van der Waals surface area contributed by atoms with Gasteiger partial charge in [-0.15, -0.1) is 0 Å². The fourth-order valence-corrected chi connectivity index (χ4v) is 3.60. The summed E-state index contributed by atoms with van der Waals surface area (Å²) in [5.41, 5.74) is 3.64. The molecule has 0 unspecified atom stereocenters. The number of H-pyrrole nitrogens is 1. The fraction of sp³-hybridized carbons (Fsp3) is 0.278. The van der Waals surface area contributed by atoms with Gasteiger partial charge in [0, 0.05) is 6.92 Å². The van der Waals surface area contributed by atoms with E-state index in [0.717, 1.165) is 10.2 Å². The summed E-state index contributed by atoms with van der Waals surface area (Å²) in [4.78, 5) is 40.7. The molecule has 0 aliphatic carbocycles. The van der Waals surface area contributed by atoms with Crippen LogP contribution in [0.3, 0.4) is 0 Å². The van der Waals surface area contributed by atoms with Crippen LogP contribution in [-0.2, 0) is 20.7 Å². The molecule has 0 spiro atoms. The Morgan fingerprint density at radius 3 is 2.75 bits per heavy atom. The largest absolute Gasteiger partial charge is 0.469 e. The quantitative estimate of drug-likeness (QED) is 0.370. The molecule has 146 valence electrons. The Hall–Kier alpha value is -3.27. The van der Waals surface area contributed by atoms with Crippen molar-refractivity contribution in [1.29, 1.82) is 0 Å². The van der Waals surface area contributed by atoms with Gasteiger partial charge in [0.05, 0.1) is 40.7 Å². The van der Waals surface area contributed by atoms with E-state index in [-0.39, 0.29) is 17.9 Å².